The van der Waals surface area contributed by atoms with Gasteiger partial charge in [-0.15, -0.1) is 0 Å². The second kappa shape index (κ2) is 3.54. The molecule has 1 aromatic carbocycles. The van der Waals surface area contributed by atoms with Gasteiger partial charge in [0.05, 0.1) is 11.7 Å². The molecule has 77 valence electrons. The molecule has 0 unspecified atom stereocenters. The normalized spacial score (nSPS) is 11.7. The Bertz CT molecular complexity index is 435. The summed E-state index contributed by atoms with van der Waals surface area (Å²) in [4.78, 5) is 0. The van der Waals surface area contributed by atoms with E-state index in [2.05, 4.69) is 38.1 Å². The van der Waals surface area contributed by atoms with E-state index in [0.717, 1.165) is 11.1 Å². The predicted molar refractivity (Wildman–Crippen MR) is 61.5 cm³/mol. The monoisotopic (exact) mass is 199 g/mol. The van der Waals surface area contributed by atoms with Crippen molar-refractivity contribution in [3.63, 3.8) is 0 Å². The molecule has 15 heavy (non-hydrogen) atoms. The summed E-state index contributed by atoms with van der Waals surface area (Å²) in [6.45, 7) is 6.41. The number of hydrogen-bond donors (Lipinski definition) is 0. The number of nitrogens with zero attached hydrogens (tertiary/aromatic N) is 2. The summed E-state index contributed by atoms with van der Waals surface area (Å²) in [5.74, 6) is 0. The Morgan fingerprint density at radius 2 is 2.07 bits per heavy atom. The predicted octanol–water partition coefficient (Wildman–Crippen LogP) is 3.11. The van der Waals surface area contributed by atoms with Gasteiger partial charge in [-0.3, -0.25) is 4.68 Å². The number of benzene rings is 1. The number of rotatable bonds is 1. The zero-order valence-corrected chi connectivity index (χ0v) is 9.36. The van der Waals surface area contributed by atoms with Crippen LogP contribution in [0.1, 0.15) is 20.8 Å². The van der Waals surface area contributed by atoms with Crippen molar-refractivity contribution in [1.82, 2.24) is 9.78 Å². The quantitative estimate of drug-likeness (QED) is 0.690. The number of hydrogen-bond acceptors (Lipinski definition) is 1. The molecule has 0 aliphatic rings. The van der Waals surface area contributed by atoms with Gasteiger partial charge < -0.3 is 0 Å². The Balaban J connectivity index is 2.37. The average Bonchev–Trinajstić information content (AvgIpc) is 2.67. The first kappa shape index (κ1) is 9.97. The fraction of sp³-hybridized carbons (Fsp3) is 0.308. The maximum Gasteiger partial charge on any atom is 0.0568 e. The van der Waals surface area contributed by atoms with Gasteiger partial charge in [-0.2, -0.15) is 5.10 Å². The zero-order valence-electron chi connectivity index (χ0n) is 9.36. The lowest BCUT2D eigenvalue weighted by Crippen LogP contribution is -2.21. The van der Waals surface area contributed by atoms with Crippen molar-refractivity contribution in [3.05, 3.63) is 42.7 Å². The van der Waals surface area contributed by atoms with E-state index in [9.17, 15) is 0 Å². The van der Waals surface area contributed by atoms with Gasteiger partial charge in [0.2, 0.25) is 0 Å². The lowest BCUT2D eigenvalue weighted by atomic mass is 10.1. The van der Waals surface area contributed by atoms with Crippen molar-refractivity contribution < 1.29 is 0 Å². The van der Waals surface area contributed by atoms with Crippen molar-refractivity contribution in [2.45, 2.75) is 26.3 Å². The van der Waals surface area contributed by atoms with Gasteiger partial charge in [0.25, 0.3) is 0 Å². The summed E-state index contributed by atoms with van der Waals surface area (Å²) < 4.78 is 1.98. The molecular formula is C13H15N2. The van der Waals surface area contributed by atoms with Crippen LogP contribution in [-0.2, 0) is 5.54 Å². The SMILES string of the molecule is CC(C)(C)n1cc(-c2[c]cccc2)cn1. The fourth-order valence-electron chi connectivity index (χ4n) is 1.40. The minimum atomic E-state index is 0.0348. The smallest absolute Gasteiger partial charge is 0.0568 e. The standard InChI is InChI=1S/C13H15N2/c1-13(2,3)15-10-12(9-14-15)11-7-5-4-6-8-11/h4-7,9-10H,1-3H3. The summed E-state index contributed by atoms with van der Waals surface area (Å²) in [5, 5.41) is 4.36. The molecule has 0 saturated carbocycles. The maximum atomic E-state index is 4.36. The van der Waals surface area contributed by atoms with Gasteiger partial charge in [-0.05, 0) is 32.4 Å². The number of aromatic nitrogens is 2. The van der Waals surface area contributed by atoms with Crippen LogP contribution in [0, 0.1) is 6.07 Å². The minimum Gasteiger partial charge on any atom is -0.267 e. The van der Waals surface area contributed by atoms with Gasteiger partial charge in [0, 0.05) is 11.8 Å². The van der Waals surface area contributed by atoms with Crippen LogP contribution in [0.2, 0.25) is 0 Å². The molecule has 0 amide bonds. The van der Waals surface area contributed by atoms with Crippen LogP contribution < -0.4 is 0 Å². The van der Waals surface area contributed by atoms with Gasteiger partial charge >= 0.3 is 0 Å². The molecule has 0 aliphatic heterocycles. The van der Waals surface area contributed by atoms with E-state index in [0.29, 0.717) is 0 Å². The molecule has 2 aromatic rings. The summed E-state index contributed by atoms with van der Waals surface area (Å²) in [6, 6.07) is 11.1. The van der Waals surface area contributed by atoms with Gasteiger partial charge in [0.15, 0.2) is 0 Å². The summed E-state index contributed by atoms with van der Waals surface area (Å²) in [7, 11) is 0. The molecule has 2 rings (SSSR count). The molecular weight excluding hydrogens is 184 g/mol. The third kappa shape index (κ3) is 2.09. The van der Waals surface area contributed by atoms with Crippen LogP contribution in [0.15, 0.2) is 36.7 Å². The molecule has 1 heterocycles. The Labute approximate surface area is 90.6 Å². The highest BCUT2D eigenvalue weighted by molar-refractivity contribution is 5.60. The van der Waals surface area contributed by atoms with E-state index in [1.165, 1.54) is 0 Å². The highest BCUT2D eigenvalue weighted by Crippen LogP contribution is 2.20. The lowest BCUT2D eigenvalue weighted by Gasteiger charge is -2.18. The topological polar surface area (TPSA) is 17.8 Å². The zero-order chi connectivity index (χ0) is 10.9. The third-order valence-corrected chi connectivity index (χ3v) is 2.29. The minimum absolute atomic E-state index is 0.0348. The van der Waals surface area contributed by atoms with Crippen molar-refractivity contribution in [2.24, 2.45) is 0 Å². The van der Waals surface area contributed by atoms with E-state index < -0.39 is 0 Å². The average molecular weight is 199 g/mol. The molecule has 0 spiro atoms. The molecule has 2 nitrogen and oxygen atoms in total. The van der Waals surface area contributed by atoms with Crippen LogP contribution in [0.3, 0.4) is 0 Å². The molecule has 0 atom stereocenters. The van der Waals surface area contributed by atoms with Crippen LogP contribution in [0.25, 0.3) is 11.1 Å². The Hall–Kier alpha value is -1.57. The van der Waals surface area contributed by atoms with Crippen molar-refractivity contribution in [3.8, 4) is 11.1 Å². The molecule has 0 saturated heterocycles. The van der Waals surface area contributed by atoms with Gasteiger partial charge in [0.1, 0.15) is 0 Å². The first-order chi connectivity index (χ1) is 7.07. The Morgan fingerprint density at radius 3 is 2.60 bits per heavy atom. The van der Waals surface area contributed by atoms with E-state index in [1.54, 1.807) is 0 Å². The van der Waals surface area contributed by atoms with Crippen LogP contribution in [0.5, 0.6) is 0 Å². The molecule has 1 aromatic heterocycles. The van der Waals surface area contributed by atoms with E-state index >= 15 is 0 Å². The largest absolute Gasteiger partial charge is 0.267 e. The highest BCUT2D eigenvalue weighted by Gasteiger charge is 2.14. The molecule has 0 fully saturated rings. The lowest BCUT2D eigenvalue weighted by molar-refractivity contribution is 0.355. The maximum absolute atomic E-state index is 4.36. The van der Waals surface area contributed by atoms with Gasteiger partial charge in [-0.1, -0.05) is 24.3 Å². The van der Waals surface area contributed by atoms with E-state index in [-0.39, 0.29) is 5.54 Å². The second-order valence-electron chi connectivity index (χ2n) is 4.62. The Kier molecular flexibility index (Phi) is 2.35. The molecule has 0 bridgehead atoms. The summed E-state index contributed by atoms with van der Waals surface area (Å²) in [6.07, 6.45) is 3.95. The van der Waals surface area contributed by atoms with Crippen molar-refractivity contribution >= 4 is 0 Å². The molecule has 0 N–H and O–H groups in total. The van der Waals surface area contributed by atoms with Gasteiger partial charge in [-0.25, -0.2) is 0 Å². The third-order valence-electron chi connectivity index (χ3n) is 2.29. The van der Waals surface area contributed by atoms with Crippen LogP contribution >= 0.6 is 0 Å². The van der Waals surface area contributed by atoms with E-state index in [4.69, 9.17) is 0 Å². The fourth-order valence-corrected chi connectivity index (χ4v) is 1.40. The Morgan fingerprint density at radius 1 is 1.27 bits per heavy atom. The second-order valence-corrected chi connectivity index (χ2v) is 4.62. The summed E-state index contributed by atoms with van der Waals surface area (Å²) >= 11 is 0. The van der Waals surface area contributed by atoms with Crippen molar-refractivity contribution in [1.29, 1.82) is 0 Å². The molecule has 2 heteroatoms. The summed E-state index contributed by atoms with van der Waals surface area (Å²) in [5.41, 5.74) is 2.24. The molecule has 1 radical (unpaired) electrons. The highest BCUT2D eigenvalue weighted by atomic mass is 15.3. The van der Waals surface area contributed by atoms with E-state index in [1.807, 2.05) is 35.1 Å². The van der Waals surface area contributed by atoms with Crippen LogP contribution in [-0.4, -0.2) is 9.78 Å². The van der Waals surface area contributed by atoms with Crippen LogP contribution in [0.4, 0.5) is 0 Å². The first-order valence-corrected chi connectivity index (χ1v) is 5.09. The first-order valence-electron chi connectivity index (χ1n) is 5.09. The van der Waals surface area contributed by atoms with Crippen molar-refractivity contribution in [2.75, 3.05) is 0 Å². The molecule has 0 aliphatic carbocycles.